The quantitative estimate of drug-likeness (QED) is 0.321. The number of anilines is 1. The number of amides is 1. The Kier molecular flexibility index (Phi) is 8.33. The molecule has 0 aliphatic carbocycles. The predicted molar refractivity (Wildman–Crippen MR) is 114 cm³/mol. The number of aromatic carboxylic acids is 1. The van der Waals surface area contributed by atoms with Crippen LogP contribution >= 0.6 is 47.0 Å². The van der Waals surface area contributed by atoms with Crippen LogP contribution < -0.4 is 25.8 Å². The van der Waals surface area contributed by atoms with Crippen LogP contribution in [0.4, 0.5) is 5.69 Å². The van der Waals surface area contributed by atoms with E-state index in [-0.39, 0.29) is 17.3 Å². The average molecular weight is 476 g/mol. The standard InChI is InChI=1S/C18H16Cl3N3O4S/c19-18(20,21)16(23-14(25)10-28-13-7-2-1-3-8-13)24-17(29)22-12-6-4-5-11(9-12)15(26)27/h1-9,16H,10H2,(H,23,25)(H,26,27)(H2,22,24,29)/p-1/t16-/m0/s1. The van der Waals surface area contributed by atoms with E-state index in [4.69, 9.17) is 51.8 Å². The Labute approximate surface area is 187 Å². The van der Waals surface area contributed by atoms with Crippen LogP contribution in [0.1, 0.15) is 10.4 Å². The van der Waals surface area contributed by atoms with Gasteiger partial charge < -0.3 is 30.6 Å². The molecule has 2 aromatic rings. The Morgan fingerprint density at radius 1 is 1.07 bits per heavy atom. The van der Waals surface area contributed by atoms with Crippen molar-refractivity contribution in [2.24, 2.45) is 0 Å². The van der Waals surface area contributed by atoms with E-state index in [1.807, 2.05) is 6.07 Å². The van der Waals surface area contributed by atoms with E-state index in [1.54, 1.807) is 30.3 Å². The molecule has 154 valence electrons. The number of rotatable bonds is 7. The van der Waals surface area contributed by atoms with Gasteiger partial charge >= 0.3 is 0 Å². The van der Waals surface area contributed by atoms with Gasteiger partial charge in [0.1, 0.15) is 11.9 Å². The summed E-state index contributed by atoms with van der Waals surface area (Å²) in [6, 6.07) is 14.5. The van der Waals surface area contributed by atoms with Crippen LogP contribution in [-0.2, 0) is 4.79 Å². The molecule has 0 unspecified atom stereocenters. The second-order valence-corrected chi connectivity index (χ2v) is 8.39. The highest BCUT2D eigenvalue weighted by Gasteiger charge is 2.34. The lowest BCUT2D eigenvalue weighted by Gasteiger charge is -2.27. The Balaban J connectivity index is 1.95. The highest BCUT2D eigenvalue weighted by Crippen LogP contribution is 2.29. The van der Waals surface area contributed by atoms with Crippen molar-refractivity contribution in [1.82, 2.24) is 10.6 Å². The predicted octanol–water partition coefficient (Wildman–Crippen LogP) is 2.23. The van der Waals surface area contributed by atoms with E-state index >= 15 is 0 Å². The van der Waals surface area contributed by atoms with Gasteiger partial charge in [-0.1, -0.05) is 65.1 Å². The summed E-state index contributed by atoms with van der Waals surface area (Å²) in [4.78, 5) is 23.1. The molecule has 3 N–H and O–H groups in total. The van der Waals surface area contributed by atoms with Crippen LogP contribution in [0, 0.1) is 0 Å². The number of ether oxygens (including phenoxy) is 1. The molecular formula is C18H15Cl3N3O4S-. The number of carboxylic acids is 1. The Morgan fingerprint density at radius 3 is 2.38 bits per heavy atom. The summed E-state index contributed by atoms with van der Waals surface area (Å²) < 4.78 is 3.40. The minimum Gasteiger partial charge on any atom is -0.545 e. The van der Waals surface area contributed by atoms with Crippen molar-refractivity contribution in [2.75, 3.05) is 11.9 Å². The smallest absolute Gasteiger partial charge is 0.259 e. The Hall–Kier alpha value is -2.26. The van der Waals surface area contributed by atoms with E-state index < -0.39 is 21.8 Å². The van der Waals surface area contributed by atoms with Crippen molar-refractivity contribution < 1.29 is 19.4 Å². The molecule has 0 spiro atoms. The molecule has 7 nitrogen and oxygen atoms in total. The summed E-state index contributed by atoms with van der Waals surface area (Å²) >= 11 is 22.9. The molecule has 0 aliphatic heterocycles. The number of thiocarbonyl (C=S) groups is 1. The molecule has 0 radical (unpaired) electrons. The summed E-state index contributed by atoms with van der Waals surface area (Å²) in [5, 5.41) is 18.8. The molecule has 0 bridgehead atoms. The first kappa shape index (κ1) is 23.0. The molecule has 1 atom stereocenters. The van der Waals surface area contributed by atoms with Crippen molar-refractivity contribution in [3.63, 3.8) is 0 Å². The van der Waals surface area contributed by atoms with Gasteiger partial charge in [-0.05, 0) is 42.0 Å². The van der Waals surface area contributed by atoms with Crippen molar-refractivity contribution in [3.8, 4) is 5.75 Å². The third-order valence-corrected chi connectivity index (χ3v) is 4.25. The van der Waals surface area contributed by atoms with Crippen molar-refractivity contribution >= 4 is 69.7 Å². The summed E-state index contributed by atoms with van der Waals surface area (Å²) in [6.07, 6.45) is -1.19. The van der Waals surface area contributed by atoms with E-state index in [0.29, 0.717) is 11.4 Å². The summed E-state index contributed by atoms with van der Waals surface area (Å²) in [7, 11) is 0. The first-order valence-electron chi connectivity index (χ1n) is 8.08. The average Bonchev–Trinajstić information content (AvgIpc) is 2.66. The van der Waals surface area contributed by atoms with Gasteiger partial charge in [0.25, 0.3) is 5.91 Å². The number of para-hydroxylation sites is 1. The number of hydrogen-bond donors (Lipinski definition) is 3. The molecule has 0 fully saturated rings. The van der Waals surface area contributed by atoms with Gasteiger partial charge in [-0.3, -0.25) is 4.79 Å². The number of carboxylic acid groups (broad SMARTS) is 1. The molecular weight excluding hydrogens is 461 g/mol. The molecule has 29 heavy (non-hydrogen) atoms. The van der Waals surface area contributed by atoms with Gasteiger partial charge in [0.15, 0.2) is 11.7 Å². The number of carbonyl (C=O) groups excluding carboxylic acids is 2. The zero-order chi connectivity index (χ0) is 21.4. The van der Waals surface area contributed by atoms with Crippen molar-refractivity contribution in [2.45, 2.75) is 9.96 Å². The number of halogens is 3. The number of nitrogens with one attached hydrogen (secondary N) is 3. The van der Waals surface area contributed by atoms with E-state index in [2.05, 4.69) is 16.0 Å². The maximum absolute atomic E-state index is 12.1. The van der Waals surface area contributed by atoms with Crippen molar-refractivity contribution in [3.05, 3.63) is 60.2 Å². The molecule has 0 aromatic heterocycles. The zero-order valence-electron chi connectivity index (χ0n) is 14.7. The van der Waals surface area contributed by atoms with Crippen LogP contribution in [0.2, 0.25) is 0 Å². The minimum atomic E-state index is -1.94. The molecule has 2 aromatic carbocycles. The molecule has 0 aliphatic rings. The summed E-state index contributed by atoms with van der Waals surface area (Å²) in [5.41, 5.74) is 0.327. The Bertz CT molecular complexity index is 878. The van der Waals surface area contributed by atoms with Gasteiger partial charge in [-0.25, -0.2) is 0 Å². The maximum Gasteiger partial charge on any atom is 0.259 e. The number of carbonyl (C=O) groups is 2. The zero-order valence-corrected chi connectivity index (χ0v) is 17.7. The monoisotopic (exact) mass is 474 g/mol. The summed E-state index contributed by atoms with van der Waals surface area (Å²) in [6.45, 7) is -0.309. The fourth-order valence-corrected chi connectivity index (χ4v) is 2.65. The highest BCUT2D eigenvalue weighted by molar-refractivity contribution is 7.80. The van der Waals surface area contributed by atoms with Gasteiger partial charge in [-0.2, -0.15) is 0 Å². The normalized spacial score (nSPS) is 11.8. The minimum absolute atomic E-state index is 0.0129. The molecule has 0 heterocycles. The SMILES string of the molecule is O=C(COc1ccccc1)N[C@@H](NC(=S)Nc1cccc(C(=O)[O-])c1)C(Cl)(Cl)Cl. The lowest BCUT2D eigenvalue weighted by atomic mass is 10.2. The number of benzene rings is 2. The van der Waals surface area contributed by atoms with Gasteiger partial charge in [0, 0.05) is 5.69 Å². The highest BCUT2D eigenvalue weighted by atomic mass is 35.6. The third kappa shape index (κ3) is 7.94. The third-order valence-electron chi connectivity index (χ3n) is 3.38. The van der Waals surface area contributed by atoms with Crippen LogP contribution in [0.3, 0.4) is 0 Å². The number of alkyl halides is 3. The molecule has 0 saturated heterocycles. The van der Waals surface area contributed by atoms with Crippen LogP contribution in [0.25, 0.3) is 0 Å². The molecule has 2 rings (SSSR count). The largest absolute Gasteiger partial charge is 0.545 e. The van der Waals surface area contributed by atoms with Gasteiger partial charge in [0.2, 0.25) is 3.79 Å². The second kappa shape index (κ2) is 10.5. The fraction of sp³-hybridized carbons (Fsp3) is 0.167. The van der Waals surface area contributed by atoms with E-state index in [0.717, 1.165) is 0 Å². The maximum atomic E-state index is 12.1. The van der Waals surface area contributed by atoms with Crippen LogP contribution in [0.15, 0.2) is 54.6 Å². The lowest BCUT2D eigenvalue weighted by Crippen LogP contribution is -2.56. The first-order chi connectivity index (χ1) is 13.6. The molecule has 0 saturated carbocycles. The molecule has 1 amide bonds. The second-order valence-electron chi connectivity index (χ2n) is 5.61. The van der Waals surface area contributed by atoms with Gasteiger partial charge in [0.05, 0.1) is 5.97 Å². The first-order valence-corrected chi connectivity index (χ1v) is 9.62. The van der Waals surface area contributed by atoms with Crippen LogP contribution in [0.5, 0.6) is 5.75 Å². The fourth-order valence-electron chi connectivity index (χ4n) is 2.09. The van der Waals surface area contributed by atoms with Gasteiger partial charge in [-0.15, -0.1) is 0 Å². The van der Waals surface area contributed by atoms with Crippen molar-refractivity contribution in [1.29, 1.82) is 0 Å². The summed E-state index contributed by atoms with van der Waals surface area (Å²) in [5.74, 6) is -1.39. The topological polar surface area (TPSA) is 103 Å². The van der Waals surface area contributed by atoms with Crippen LogP contribution in [-0.4, -0.2) is 33.6 Å². The Morgan fingerprint density at radius 2 is 1.76 bits per heavy atom. The number of hydrogen-bond acceptors (Lipinski definition) is 5. The van der Waals surface area contributed by atoms with E-state index in [9.17, 15) is 14.7 Å². The lowest BCUT2D eigenvalue weighted by molar-refractivity contribution is -0.255. The molecule has 11 heteroatoms. The van der Waals surface area contributed by atoms with E-state index in [1.165, 1.54) is 18.2 Å².